The number of hydrogen-bond acceptors (Lipinski definition) is 5. The molecule has 0 saturated carbocycles. The van der Waals surface area contributed by atoms with Crippen LogP contribution in [0.5, 0.6) is 5.75 Å². The molecule has 0 spiro atoms. The zero-order valence-electron chi connectivity index (χ0n) is 21.0. The molecule has 1 aliphatic rings. The molecule has 6 nitrogen and oxygen atoms in total. The summed E-state index contributed by atoms with van der Waals surface area (Å²) in [5.41, 5.74) is 1.03. The van der Waals surface area contributed by atoms with Crippen LogP contribution in [-0.4, -0.2) is 41.9 Å². The number of anilines is 1. The second-order valence-electron chi connectivity index (χ2n) is 10.6. The van der Waals surface area contributed by atoms with Gasteiger partial charge < -0.3 is 19.5 Å². The number of aryl methyl sites for hydroxylation is 1. The molecule has 3 rings (SSSR count). The highest BCUT2D eigenvalue weighted by molar-refractivity contribution is 5.86. The van der Waals surface area contributed by atoms with Crippen molar-refractivity contribution in [3.8, 4) is 16.9 Å². The topological polar surface area (TPSA) is 71.9 Å². The van der Waals surface area contributed by atoms with Crippen molar-refractivity contribution < 1.29 is 28.2 Å². The van der Waals surface area contributed by atoms with E-state index < -0.39 is 29.3 Å². The third-order valence-corrected chi connectivity index (χ3v) is 6.24. The largest absolute Gasteiger partial charge is 0.494 e. The molecule has 2 aromatic rings. The lowest BCUT2D eigenvalue weighted by atomic mass is 9.82. The molecular weight excluding hydrogens is 442 g/mol. The van der Waals surface area contributed by atoms with Gasteiger partial charge in [-0.15, -0.1) is 0 Å². The first-order valence-corrected chi connectivity index (χ1v) is 11.4. The van der Waals surface area contributed by atoms with Gasteiger partial charge in [-0.3, -0.25) is 4.98 Å². The Hall–Kier alpha value is -2.74. The first-order valence-electron chi connectivity index (χ1n) is 11.4. The van der Waals surface area contributed by atoms with E-state index in [-0.39, 0.29) is 16.7 Å². The number of benzene rings is 1. The van der Waals surface area contributed by atoms with Crippen molar-refractivity contribution in [1.82, 2.24) is 4.98 Å². The van der Waals surface area contributed by atoms with Gasteiger partial charge in [0.15, 0.2) is 17.7 Å². The van der Waals surface area contributed by atoms with E-state index in [1.165, 1.54) is 25.4 Å². The van der Waals surface area contributed by atoms with E-state index in [1.54, 1.807) is 27.7 Å². The van der Waals surface area contributed by atoms with E-state index in [0.717, 1.165) is 12.8 Å². The number of rotatable bonds is 6. The van der Waals surface area contributed by atoms with E-state index in [9.17, 15) is 14.3 Å². The summed E-state index contributed by atoms with van der Waals surface area (Å²) in [6, 6.07) is 2.79. The van der Waals surface area contributed by atoms with Crippen LogP contribution < -0.4 is 9.64 Å². The van der Waals surface area contributed by atoms with E-state index in [2.05, 4.69) is 18.8 Å². The Labute approximate surface area is 199 Å². The van der Waals surface area contributed by atoms with Gasteiger partial charge in [0.05, 0.1) is 18.4 Å². The van der Waals surface area contributed by atoms with Crippen LogP contribution in [-0.2, 0) is 9.53 Å². The van der Waals surface area contributed by atoms with Crippen LogP contribution in [0.1, 0.15) is 64.8 Å². The van der Waals surface area contributed by atoms with Crippen LogP contribution in [0.25, 0.3) is 11.1 Å². The Morgan fingerprint density at radius 3 is 2.29 bits per heavy atom. The monoisotopic (exact) mass is 476 g/mol. The number of pyridine rings is 1. The maximum absolute atomic E-state index is 15.2. The number of nitrogens with zero attached hydrogens (tertiary/aromatic N) is 2. The van der Waals surface area contributed by atoms with E-state index in [4.69, 9.17) is 9.47 Å². The summed E-state index contributed by atoms with van der Waals surface area (Å²) in [4.78, 5) is 18.8. The van der Waals surface area contributed by atoms with Crippen molar-refractivity contribution in [2.24, 2.45) is 5.41 Å². The number of hydrogen-bond donors (Lipinski definition) is 1. The van der Waals surface area contributed by atoms with Crippen molar-refractivity contribution in [2.75, 3.05) is 25.1 Å². The van der Waals surface area contributed by atoms with Crippen molar-refractivity contribution in [2.45, 2.75) is 66.1 Å². The molecule has 1 aromatic carbocycles. The highest BCUT2D eigenvalue weighted by atomic mass is 19.2. The molecule has 1 saturated heterocycles. The van der Waals surface area contributed by atoms with Crippen molar-refractivity contribution >= 4 is 11.7 Å². The predicted molar refractivity (Wildman–Crippen MR) is 127 cm³/mol. The van der Waals surface area contributed by atoms with Gasteiger partial charge in [0, 0.05) is 41.7 Å². The Morgan fingerprint density at radius 2 is 1.76 bits per heavy atom. The van der Waals surface area contributed by atoms with Crippen LogP contribution in [0.3, 0.4) is 0 Å². The van der Waals surface area contributed by atoms with Gasteiger partial charge in [-0.2, -0.15) is 4.39 Å². The molecule has 0 amide bonds. The number of carboxylic acid groups (broad SMARTS) is 1. The number of aliphatic carboxylic acids is 1. The van der Waals surface area contributed by atoms with Gasteiger partial charge in [-0.1, -0.05) is 13.8 Å². The van der Waals surface area contributed by atoms with Gasteiger partial charge >= 0.3 is 5.97 Å². The Balaban J connectivity index is 2.30. The average Bonchev–Trinajstić information content (AvgIpc) is 2.74. The average molecular weight is 477 g/mol. The molecule has 2 heterocycles. The number of piperidine rings is 1. The van der Waals surface area contributed by atoms with Gasteiger partial charge in [-0.05, 0) is 58.1 Å². The third-order valence-electron chi connectivity index (χ3n) is 6.24. The number of methoxy groups -OCH3 is 1. The summed E-state index contributed by atoms with van der Waals surface area (Å²) in [6.07, 6.45) is 1.88. The minimum absolute atomic E-state index is 0.00761. The molecule has 1 unspecified atom stereocenters. The maximum Gasteiger partial charge on any atom is 0.337 e. The van der Waals surface area contributed by atoms with Crippen LogP contribution in [0.15, 0.2) is 18.3 Å². The zero-order chi connectivity index (χ0) is 25.4. The third kappa shape index (κ3) is 5.32. The Bertz CT molecular complexity index is 1070. The minimum atomic E-state index is -1.33. The number of aromatic nitrogens is 1. The lowest BCUT2D eigenvalue weighted by Crippen LogP contribution is -2.39. The predicted octanol–water partition coefficient (Wildman–Crippen LogP) is 5.91. The molecule has 1 aromatic heterocycles. The molecule has 34 heavy (non-hydrogen) atoms. The van der Waals surface area contributed by atoms with Crippen molar-refractivity contribution in [3.63, 3.8) is 0 Å². The standard InChI is InChI=1S/C26H34F2N2O4/c1-15-19(23(24(31)32)34-25(2,3)4)22(30-12-10-26(5,6)11-13-30)17(14-29-15)16-8-9-18(33-7)21(28)20(16)27/h8-9,14,23H,10-13H2,1-7H3,(H,31,32). The second-order valence-corrected chi connectivity index (χ2v) is 10.6. The lowest BCUT2D eigenvalue weighted by molar-refractivity contribution is -0.160. The number of ether oxygens (including phenoxy) is 2. The summed E-state index contributed by atoms with van der Waals surface area (Å²) in [5.74, 6) is -3.55. The normalized spacial score (nSPS) is 16.9. The minimum Gasteiger partial charge on any atom is -0.494 e. The van der Waals surface area contributed by atoms with Crippen LogP contribution in [0.4, 0.5) is 14.5 Å². The summed E-state index contributed by atoms with van der Waals surface area (Å²) in [7, 11) is 1.27. The molecule has 0 radical (unpaired) electrons. The van der Waals surface area contributed by atoms with E-state index in [0.29, 0.717) is 35.6 Å². The summed E-state index contributed by atoms with van der Waals surface area (Å²) >= 11 is 0. The van der Waals surface area contributed by atoms with Gasteiger partial charge in [-0.25, -0.2) is 9.18 Å². The first-order chi connectivity index (χ1) is 15.8. The molecule has 0 aliphatic carbocycles. The van der Waals surface area contributed by atoms with Gasteiger partial charge in [0.25, 0.3) is 0 Å². The first kappa shape index (κ1) is 25.9. The second kappa shape index (κ2) is 9.49. The van der Waals surface area contributed by atoms with E-state index >= 15 is 4.39 Å². The Morgan fingerprint density at radius 1 is 1.15 bits per heavy atom. The quantitative estimate of drug-likeness (QED) is 0.559. The smallest absolute Gasteiger partial charge is 0.337 e. The summed E-state index contributed by atoms with van der Waals surface area (Å²) in [5, 5.41) is 10.1. The molecule has 186 valence electrons. The fraction of sp³-hybridized carbons (Fsp3) is 0.538. The maximum atomic E-state index is 15.2. The molecule has 1 atom stereocenters. The fourth-order valence-corrected chi connectivity index (χ4v) is 4.28. The molecule has 1 N–H and O–H groups in total. The lowest BCUT2D eigenvalue weighted by Gasteiger charge is -2.41. The number of carboxylic acids is 1. The molecule has 0 bridgehead atoms. The van der Waals surface area contributed by atoms with Crippen LogP contribution in [0.2, 0.25) is 0 Å². The fourth-order valence-electron chi connectivity index (χ4n) is 4.28. The van der Waals surface area contributed by atoms with Crippen molar-refractivity contribution in [1.29, 1.82) is 0 Å². The van der Waals surface area contributed by atoms with Gasteiger partial charge in [0.1, 0.15) is 0 Å². The summed E-state index contributed by atoms with van der Waals surface area (Å²) < 4.78 is 40.8. The van der Waals surface area contributed by atoms with Crippen molar-refractivity contribution in [3.05, 3.63) is 41.2 Å². The summed E-state index contributed by atoms with van der Waals surface area (Å²) in [6.45, 7) is 12.7. The molecule has 1 aliphatic heterocycles. The highest BCUT2D eigenvalue weighted by Gasteiger charge is 2.36. The molecular formula is C26H34F2N2O4. The SMILES string of the molecule is COc1ccc(-c2cnc(C)c(C(OC(C)(C)C)C(=O)O)c2N2CCC(C)(C)CC2)c(F)c1F. The Kier molecular flexibility index (Phi) is 7.22. The molecule has 8 heteroatoms. The van der Waals surface area contributed by atoms with E-state index in [1.807, 2.05) is 4.90 Å². The molecule has 1 fully saturated rings. The number of halogens is 2. The number of carbonyl (C=O) groups is 1. The highest BCUT2D eigenvalue weighted by Crippen LogP contribution is 2.44. The van der Waals surface area contributed by atoms with Crippen LogP contribution >= 0.6 is 0 Å². The van der Waals surface area contributed by atoms with Crippen LogP contribution in [0, 0.1) is 24.0 Å². The van der Waals surface area contributed by atoms with Gasteiger partial charge in [0.2, 0.25) is 5.82 Å². The zero-order valence-corrected chi connectivity index (χ0v) is 21.0.